The van der Waals surface area contributed by atoms with E-state index >= 15 is 0 Å². The molecule has 2 heteroatoms. The molecule has 1 N–H and O–H groups in total. The second-order valence-electron chi connectivity index (χ2n) is 2.91. The molecule has 10 heavy (non-hydrogen) atoms. The quantitative estimate of drug-likeness (QED) is 0.645. The zero-order chi connectivity index (χ0) is 7.40. The lowest BCUT2D eigenvalue weighted by Gasteiger charge is -2.30. The largest absolute Gasteiger partial charge is 0.390 e. The molecule has 1 aliphatic heterocycles. The minimum atomic E-state index is -0.200. The first kappa shape index (κ1) is 8.02. The van der Waals surface area contributed by atoms with E-state index in [2.05, 4.69) is 6.92 Å². The van der Waals surface area contributed by atoms with Gasteiger partial charge in [0.05, 0.1) is 12.2 Å². The van der Waals surface area contributed by atoms with Crippen molar-refractivity contribution in [1.29, 1.82) is 0 Å². The summed E-state index contributed by atoms with van der Waals surface area (Å²) in [6, 6.07) is 0. The highest BCUT2D eigenvalue weighted by atomic mass is 16.5. The maximum Gasteiger partial charge on any atom is 0.0855 e. The van der Waals surface area contributed by atoms with Crippen molar-refractivity contribution in [1.82, 2.24) is 0 Å². The zero-order valence-corrected chi connectivity index (χ0v) is 6.55. The summed E-state index contributed by atoms with van der Waals surface area (Å²) in [5.74, 6) is 0. The minimum absolute atomic E-state index is 0.159. The first-order chi connectivity index (χ1) is 4.84. The van der Waals surface area contributed by atoms with E-state index in [1.807, 2.05) is 0 Å². The molecular formula is C8H16O2. The molecule has 0 aromatic carbocycles. The molecule has 0 bridgehead atoms. The minimum Gasteiger partial charge on any atom is -0.390 e. The molecule has 0 aromatic rings. The Morgan fingerprint density at radius 1 is 1.70 bits per heavy atom. The van der Waals surface area contributed by atoms with Gasteiger partial charge in [0.15, 0.2) is 0 Å². The van der Waals surface area contributed by atoms with Gasteiger partial charge in [-0.25, -0.2) is 0 Å². The molecular weight excluding hydrogens is 128 g/mol. The van der Waals surface area contributed by atoms with E-state index in [1.54, 1.807) is 0 Å². The molecule has 0 radical (unpaired) electrons. The van der Waals surface area contributed by atoms with Gasteiger partial charge >= 0.3 is 0 Å². The maximum atomic E-state index is 9.38. The Balaban J connectivity index is 2.02. The van der Waals surface area contributed by atoms with Crippen LogP contribution in [0.15, 0.2) is 0 Å². The highest BCUT2D eigenvalue weighted by Crippen LogP contribution is 2.18. The summed E-state index contributed by atoms with van der Waals surface area (Å²) in [5, 5.41) is 9.38. The summed E-state index contributed by atoms with van der Waals surface area (Å²) >= 11 is 0. The van der Waals surface area contributed by atoms with Crippen molar-refractivity contribution in [3.63, 3.8) is 0 Å². The fourth-order valence-electron chi connectivity index (χ4n) is 1.16. The van der Waals surface area contributed by atoms with Crippen LogP contribution in [0.1, 0.15) is 32.6 Å². The predicted molar refractivity (Wildman–Crippen MR) is 39.9 cm³/mol. The van der Waals surface area contributed by atoms with E-state index in [-0.39, 0.29) is 12.2 Å². The van der Waals surface area contributed by atoms with Crippen molar-refractivity contribution < 1.29 is 9.84 Å². The van der Waals surface area contributed by atoms with Crippen LogP contribution in [0.5, 0.6) is 0 Å². The van der Waals surface area contributed by atoms with Crippen molar-refractivity contribution >= 4 is 0 Å². The van der Waals surface area contributed by atoms with Gasteiger partial charge in [0, 0.05) is 6.61 Å². The molecule has 1 heterocycles. The first-order valence-corrected chi connectivity index (χ1v) is 4.14. The Bertz CT molecular complexity index is 89.3. The van der Waals surface area contributed by atoms with Crippen molar-refractivity contribution in [2.24, 2.45) is 0 Å². The Labute approximate surface area is 62.2 Å². The molecule has 0 spiro atoms. The number of aliphatic hydroxyl groups is 1. The predicted octanol–water partition coefficient (Wildman–Crippen LogP) is 1.33. The number of rotatable bonds is 4. The molecule has 0 aliphatic carbocycles. The lowest BCUT2D eigenvalue weighted by atomic mass is 10.0. The molecule has 0 amide bonds. The van der Waals surface area contributed by atoms with Gasteiger partial charge in [-0.2, -0.15) is 0 Å². The molecule has 1 fully saturated rings. The van der Waals surface area contributed by atoms with Crippen LogP contribution in [-0.2, 0) is 4.74 Å². The molecule has 2 nitrogen and oxygen atoms in total. The fraction of sp³-hybridized carbons (Fsp3) is 1.00. The van der Waals surface area contributed by atoms with Crippen LogP contribution in [-0.4, -0.2) is 23.9 Å². The number of hydrogen-bond acceptors (Lipinski definition) is 2. The van der Waals surface area contributed by atoms with Gasteiger partial charge < -0.3 is 9.84 Å². The normalized spacial score (nSPS) is 27.6. The van der Waals surface area contributed by atoms with E-state index in [4.69, 9.17) is 4.74 Å². The van der Waals surface area contributed by atoms with Crippen LogP contribution in [0.3, 0.4) is 0 Å². The van der Waals surface area contributed by atoms with E-state index in [0.717, 1.165) is 32.3 Å². The topological polar surface area (TPSA) is 29.5 Å². The second-order valence-corrected chi connectivity index (χ2v) is 2.91. The van der Waals surface area contributed by atoms with E-state index in [9.17, 15) is 5.11 Å². The Morgan fingerprint density at radius 2 is 2.40 bits per heavy atom. The van der Waals surface area contributed by atoms with Gasteiger partial charge in [0.2, 0.25) is 0 Å². The standard InChI is InChI=1S/C8H16O2/c1-2-3-4-7(9)8-5-6-10-8/h7-9H,2-6H2,1H3. The number of unbranched alkanes of at least 4 members (excludes halogenated alkanes) is 1. The van der Waals surface area contributed by atoms with Crippen molar-refractivity contribution in [3.05, 3.63) is 0 Å². The summed E-state index contributed by atoms with van der Waals surface area (Å²) < 4.78 is 5.14. The van der Waals surface area contributed by atoms with Gasteiger partial charge in [-0.1, -0.05) is 19.8 Å². The molecule has 1 rings (SSSR count). The Morgan fingerprint density at radius 3 is 2.80 bits per heavy atom. The summed E-state index contributed by atoms with van der Waals surface area (Å²) in [7, 11) is 0. The summed E-state index contributed by atoms with van der Waals surface area (Å²) in [5.41, 5.74) is 0. The summed E-state index contributed by atoms with van der Waals surface area (Å²) in [4.78, 5) is 0. The van der Waals surface area contributed by atoms with E-state index in [0.29, 0.717) is 0 Å². The highest BCUT2D eigenvalue weighted by Gasteiger charge is 2.25. The number of ether oxygens (including phenoxy) is 1. The van der Waals surface area contributed by atoms with Crippen LogP contribution in [0, 0.1) is 0 Å². The van der Waals surface area contributed by atoms with Crippen LogP contribution in [0.4, 0.5) is 0 Å². The van der Waals surface area contributed by atoms with Crippen molar-refractivity contribution in [2.45, 2.75) is 44.8 Å². The molecule has 1 aliphatic rings. The SMILES string of the molecule is CCCCC(O)C1CCO1. The molecule has 60 valence electrons. The average molecular weight is 144 g/mol. The fourth-order valence-corrected chi connectivity index (χ4v) is 1.16. The molecule has 2 unspecified atom stereocenters. The lowest BCUT2D eigenvalue weighted by molar-refractivity contribution is -0.118. The smallest absolute Gasteiger partial charge is 0.0855 e. The van der Waals surface area contributed by atoms with Gasteiger partial charge in [-0.3, -0.25) is 0 Å². The summed E-state index contributed by atoms with van der Waals surface area (Å²) in [6.07, 6.45) is 4.18. The van der Waals surface area contributed by atoms with Gasteiger partial charge in [-0.05, 0) is 12.8 Å². The molecule has 0 saturated carbocycles. The number of hydrogen-bond donors (Lipinski definition) is 1. The number of aliphatic hydroxyl groups excluding tert-OH is 1. The first-order valence-electron chi connectivity index (χ1n) is 4.14. The van der Waals surface area contributed by atoms with Crippen LogP contribution < -0.4 is 0 Å². The molecule has 2 atom stereocenters. The average Bonchev–Trinajstić information content (AvgIpc) is 1.79. The van der Waals surface area contributed by atoms with Crippen molar-refractivity contribution in [3.8, 4) is 0 Å². The van der Waals surface area contributed by atoms with Gasteiger partial charge in [-0.15, -0.1) is 0 Å². The van der Waals surface area contributed by atoms with Gasteiger partial charge in [0.25, 0.3) is 0 Å². The molecule has 1 saturated heterocycles. The maximum absolute atomic E-state index is 9.38. The van der Waals surface area contributed by atoms with Crippen LogP contribution in [0.2, 0.25) is 0 Å². The van der Waals surface area contributed by atoms with Crippen LogP contribution in [0.25, 0.3) is 0 Å². The molecule has 0 aromatic heterocycles. The Hall–Kier alpha value is -0.0800. The highest BCUT2D eigenvalue weighted by molar-refractivity contribution is 4.74. The van der Waals surface area contributed by atoms with Crippen molar-refractivity contribution in [2.75, 3.05) is 6.61 Å². The lowest BCUT2D eigenvalue weighted by Crippen LogP contribution is -2.38. The Kier molecular flexibility index (Phi) is 3.16. The van der Waals surface area contributed by atoms with E-state index in [1.165, 1.54) is 0 Å². The summed E-state index contributed by atoms with van der Waals surface area (Å²) in [6.45, 7) is 2.97. The monoisotopic (exact) mass is 144 g/mol. The third-order valence-electron chi connectivity index (χ3n) is 2.02. The second kappa shape index (κ2) is 3.94. The zero-order valence-electron chi connectivity index (χ0n) is 6.55. The van der Waals surface area contributed by atoms with E-state index < -0.39 is 0 Å². The third kappa shape index (κ3) is 1.96. The van der Waals surface area contributed by atoms with Crippen LogP contribution >= 0.6 is 0 Å². The van der Waals surface area contributed by atoms with Gasteiger partial charge in [0.1, 0.15) is 0 Å². The third-order valence-corrected chi connectivity index (χ3v) is 2.02.